The quantitative estimate of drug-likeness (QED) is 0.643. The van der Waals surface area contributed by atoms with Crippen molar-refractivity contribution in [1.82, 2.24) is 10.2 Å². The number of carbonyl (C=O) groups excluding carboxylic acids is 2. The van der Waals surface area contributed by atoms with E-state index in [2.05, 4.69) is 11.4 Å². The van der Waals surface area contributed by atoms with Crippen molar-refractivity contribution in [3.8, 4) is 5.75 Å². The number of ether oxygens (including phenoxy) is 1. The second-order valence-electron chi connectivity index (χ2n) is 7.93. The van der Waals surface area contributed by atoms with Gasteiger partial charge in [-0.25, -0.2) is 0 Å². The van der Waals surface area contributed by atoms with Crippen molar-refractivity contribution < 1.29 is 14.3 Å². The highest BCUT2D eigenvalue weighted by Gasteiger charge is 2.26. The highest BCUT2D eigenvalue weighted by atomic mass is 16.5. The fourth-order valence-electron chi connectivity index (χ4n) is 3.28. The van der Waals surface area contributed by atoms with Crippen LogP contribution in [-0.4, -0.2) is 41.9 Å². The van der Waals surface area contributed by atoms with E-state index in [1.807, 2.05) is 70.2 Å². The lowest BCUT2D eigenvalue weighted by atomic mass is 10.1. The van der Waals surface area contributed by atoms with E-state index in [9.17, 15) is 9.59 Å². The summed E-state index contributed by atoms with van der Waals surface area (Å²) in [7, 11) is 0. The molecule has 2 amide bonds. The summed E-state index contributed by atoms with van der Waals surface area (Å²) < 4.78 is 5.77. The van der Waals surface area contributed by atoms with E-state index in [0.29, 0.717) is 18.7 Å². The number of hydrogen-bond acceptors (Lipinski definition) is 3. The van der Waals surface area contributed by atoms with E-state index >= 15 is 0 Å². The minimum Gasteiger partial charge on any atom is -0.484 e. The summed E-state index contributed by atoms with van der Waals surface area (Å²) >= 11 is 0. The van der Waals surface area contributed by atoms with Crippen LogP contribution in [0.3, 0.4) is 0 Å². The van der Waals surface area contributed by atoms with Crippen LogP contribution in [-0.2, 0) is 16.0 Å². The molecule has 0 heterocycles. The van der Waals surface area contributed by atoms with Gasteiger partial charge in [0.25, 0.3) is 5.91 Å². The zero-order valence-electron chi connectivity index (χ0n) is 18.8. The van der Waals surface area contributed by atoms with E-state index in [4.69, 9.17) is 4.74 Å². The summed E-state index contributed by atoms with van der Waals surface area (Å²) in [4.78, 5) is 27.3. The normalized spacial score (nSPS) is 12.7. The molecule has 0 fully saturated rings. The summed E-state index contributed by atoms with van der Waals surface area (Å²) in [5, 5.41) is 2.98. The van der Waals surface area contributed by atoms with Crippen LogP contribution in [0.25, 0.3) is 0 Å². The summed E-state index contributed by atoms with van der Waals surface area (Å²) in [5.74, 6) is 0.328. The van der Waals surface area contributed by atoms with E-state index in [1.165, 1.54) is 0 Å². The Kier molecular flexibility index (Phi) is 8.90. The van der Waals surface area contributed by atoms with Gasteiger partial charge in [0.1, 0.15) is 11.8 Å². The average molecular weight is 411 g/mol. The summed E-state index contributed by atoms with van der Waals surface area (Å²) in [6.07, 6.45) is 1.52. The Balaban J connectivity index is 2.09. The van der Waals surface area contributed by atoms with E-state index in [0.717, 1.165) is 23.1 Å². The Bertz CT molecular complexity index is 815. The standard InChI is InChI=1S/C25H34N2O3/c1-6-20(4)26-25(29)21(5)27(13-12-22-10-8-7-9-11-22)24(28)17-30-23-15-18(2)14-19(3)16-23/h7-11,14-16,20-21H,6,12-13,17H2,1-5H3,(H,26,29)/t20-,21-/m0/s1. The number of nitrogens with zero attached hydrogens (tertiary/aromatic N) is 1. The smallest absolute Gasteiger partial charge is 0.261 e. The predicted molar refractivity (Wildman–Crippen MR) is 121 cm³/mol. The van der Waals surface area contributed by atoms with Crippen LogP contribution in [0.2, 0.25) is 0 Å². The molecule has 0 aliphatic rings. The van der Waals surface area contributed by atoms with Crippen molar-refractivity contribution in [3.63, 3.8) is 0 Å². The topological polar surface area (TPSA) is 58.6 Å². The Morgan fingerprint density at radius 1 is 1.03 bits per heavy atom. The minimum atomic E-state index is -0.571. The molecule has 0 spiro atoms. The van der Waals surface area contributed by atoms with E-state index in [-0.39, 0.29) is 24.5 Å². The largest absolute Gasteiger partial charge is 0.484 e. The summed E-state index contributed by atoms with van der Waals surface area (Å²) in [5.41, 5.74) is 3.29. The van der Waals surface area contributed by atoms with Gasteiger partial charge in [-0.05, 0) is 69.4 Å². The number of amides is 2. The molecule has 1 N–H and O–H groups in total. The second-order valence-corrected chi connectivity index (χ2v) is 7.93. The Morgan fingerprint density at radius 2 is 1.67 bits per heavy atom. The van der Waals surface area contributed by atoms with Crippen LogP contribution in [0.4, 0.5) is 0 Å². The Hall–Kier alpha value is -2.82. The van der Waals surface area contributed by atoms with Crippen molar-refractivity contribution >= 4 is 11.8 Å². The molecule has 2 rings (SSSR count). The van der Waals surface area contributed by atoms with Crippen LogP contribution in [0.15, 0.2) is 48.5 Å². The van der Waals surface area contributed by atoms with Gasteiger partial charge in [-0.2, -0.15) is 0 Å². The molecule has 0 aliphatic carbocycles. The van der Waals surface area contributed by atoms with Gasteiger partial charge in [-0.15, -0.1) is 0 Å². The number of nitrogens with one attached hydrogen (secondary N) is 1. The van der Waals surface area contributed by atoms with Gasteiger partial charge in [0.2, 0.25) is 5.91 Å². The Morgan fingerprint density at radius 3 is 2.27 bits per heavy atom. The van der Waals surface area contributed by atoms with Crippen LogP contribution in [0.1, 0.15) is 43.9 Å². The van der Waals surface area contributed by atoms with Crippen molar-refractivity contribution in [2.24, 2.45) is 0 Å². The van der Waals surface area contributed by atoms with Gasteiger partial charge in [0.05, 0.1) is 0 Å². The molecular formula is C25H34N2O3. The zero-order chi connectivity index (χ0) is 22.1. The molecule has 2 aromatic carbocycles. The number of rotatable bonds is 10. The summed E-state index contributed by atoms with van der Waals surface area (Å²) in [6.45, 7) is 10.1. The fraction of sp³-hybridized carbons (Fsp3) is 0.440. The zero-order valence-corrected chi connectivity index (χ0v) is 18.8. The van der Waals surface area contributed by atoms with E-state index in [1.54, 1.807) is 11.8 Å². The van der Waals surface area contributed by atoms with Crippen molar-refractivity contribution in [2.45, 2.75) is 59.5 Å². The van der Waals surface area contributed by atoms with Gasteiger partial charge in [0.15, 0.2) is 6.61 Å². The minimum absolute atomic E-state index is 0.0672. The predicted octanol–water partition coefficient (Wildman–Crippen LogP) is 4.06. The second kappa shape index (κ2) is 11.4. The first-order chi connectivity index (χ1) is 14.3. The first-order valence-electron chi connectivity index (χ1n) is 10.6. The number of aryl methyl sites for hydroxylation is 2. The average Bonchev–Trinajstić information content (AvgIpc) is 2.72. The van der Waals surface area contributed by atoms with Crippen LogP contribution in [0, 0.1) is 13.8 Å². The number of benzene rings is 2. The summed E-state index contributed by atoms with van der Waals surface area (Å²) in [6, 6.07) is 15.3. The fourth-order valence-corrected chi connectivity index (χ4v) is 3.28. The molecule has 5 nitrogen and oxygen atoms in total. The van der Waals surface area contributed by atoms with Crippen molar-refractivity contribution in [2.75, 3.05) is 13.2 Å². The number of hydrogen-bond donors (Lipinski definition) is 1. The first-order valence-corrected chi connectivity index (χ1v) is 10.6. The molecule has 0 bridgehead atoms. The highest BCUT2D eigenvalue weighted by molar-refractivity contribution is 5.88. The van der Waals surface area contributed by atoms with Gasteiger partial charge >= 0.3 is 0 Å². The molecule has 162 valence electrons. The van der Waals surface area contributed by atoms with E-state index < -0.39 is 6.04 Å². The third-order valence-electron chi connectivity index (χ3n) is 5.21. The van der Waals surface area contributed by atoms with Gasteiger partial charge in [0, 0.05) is 12.6 Å². The molecule has 0 unspecified atom stereocenters. The van der Waals surface area contributed by atoms with Crippen LogP contribution < -0.4 is 10.1 Å². The maximum absolute atomic E-state index is 13.0. The van der Waals surface area contributed by atoms with Crippen LogP contribution >= 0.6 is 0 Å². The maximum atomic E-state index is 13.0. The molecule has 2 atom stereocenters. The third-order valence-corrected chi connectivity index (χ3v) is 5.21. The molecule has 5 heteroatoms. The lowest BCUT2D eigenvalue weighted by Gasteiger charge is -2.29. The molecule has 2 aromatic rings. The van der Waals surface area contributed by atoms with Crippen molar-refractivity contribution in [1.29, 1.82) is 0 Å². The lowest BCUT2D eigenvalue weighted by molar-refractivity contribution is -0.141. The molecule has 0 radical (unpaired) electrons. The SMILES string of the molecule is CC[C@H](C)NC(=O)[C@H](C)N(CCc1ccccc1)C(=O)COc1cc(C)cc(C)c1. The Labute approximate surface area is 180 Å². The molecule has 0 aromatic heterocycles. The van der Waals surface area contributed by atoms with Gasteiger partial charge in [-0.1, -0.05) is 43.3 Å². The molecular weight excluding hydrogens is 376 g/mol. The number of carbonyl (C=O) groups is 2. The molecule has 0 saturated heterocycles. The monoisotopic (exact) mass is 410 g/mol. The van der Waals surface area contributed by atoms with Crippen LogP contribution in [0.5, 0.6) is 5.75 Å². The molecule has 0 saturated carbocycles. The van der Waals surface area contributed by atoms with Gasteiger partial charge in [-0.3, -0.25) is 9.59 Å². The first kappa shape index (κ1) is 23.5. The van der Waals surface area contributed by atoms with Crippen molar-refractivity contribution in [3.05, 3.63) is 65.2 Å². The molecule has 0 aliphatic heterocycles. The maximum Gasteiger partial charge on any atom is 0.261 e. The third kappa shape index (κ3) is 7.21. The highest BCUT2D eigenvalue weighted by Crippen LogP contribution is 2.16. The lowest BCUT2D eigenvalue weighted by Crippen LogP contribution is -2.51. The molecule has 30 heavy (non-hydrogen) atoms. The van der Waals surface area contributed by atoms with Gasteiger partial charge < -0.3 is 15.0 Å².